The summed E-state index contributed by atoms with van der Waals surface area (Å²) in [6, 6.07) is 18.2. The van der Waals surface area contributed by atoms with E-state index < -0.39 is 16.8 Å². The zero-order valence-electron chi connectivity index (χ0n) is 11.7. The number of carbonyl (C=O) groups excluding carboxylic acids is 1. The molecule has 2 aromatic carbocycles. The Balaban J connectivity index is 2.52. The van der Waals surface area contributed by atoms with Crippen LogP contribution in [0.25, 0.3) is 0 Å². The molecule has 3 nitrogen and oxygen atoms in total. The number of ether oxygens (including phenoxy) is 1. The van der Waals surface area contributed by atoms with Crippen LogP contribution in [-0.2, 0) is 14.4 Å². The Morgan fingerprint density at radius 2 is 1.52 bits per heavy atom. The Hall–Kier alpha value is -1.68. The molecule has 0 aromatic heterocycles. The van der Waals surface area contributed by atoms with Crippen LogP contribution >= 0.6 is 11.6 Å². The molecular formula is C17H17ClO3. The van der Waals surface area contributed by atoms with E-state index in [4.69, 9.17) is 16.3 Å². The van der Waals surface area contributed by atoms with E-state index in [-0.39, 0.29) is 6.61 Å². The van der Waals surface area contributed by atoms with Gasteiger partial charge in [0.1, 0.15) is 17.6 Å². The highest BCUT2D eigenvalue weighted by atomic mass is 35.5. The normalized spacial score (nSPS) is 12.9. The number of aliphatic hydroxyl groups is 1. The Kier molecular flexibility index (Phi) is 5.12. The van der Waals surface area contributed by atoms with Crippen molar-refractivity contribution in [3.8, 4) is 0 Å². The number of aliphatic hydroxyl groups excluding tert-OH is 1. The van der Waals surface area contributed by atoms with Crippen LogP contribution < -0.4 is 0 Å². The first-order chi connectivity index (χ1) is 10.1. The van der Waals surface area contributed by atoms with Gasteiger partial charge in [-0.05, 0) is 11.1 Å². The molecule has 0 fully saturated rings. The number of carbonyl (C=O) groups is 1. The molecule has 4 heteroatoms. The molecule has 0 saturated carbocycles. The first kappa shape index (κ1) is 15.7. The summed E-state index contributed by atoms with van der Waals surface area (Å²) in [4.78, 5) is 10.7. The summed E-state index contributed by atoms with van der Waals surface area (Å²) >= 11 is 6.74. The minimum absolute atomic E-state index is 0.185. The van der Waals surface area contributed by atoms with Gasteiger partial charge in [0.2, 0.25) is 0 Å². The van der Waals surface area contributed by atoms with E-state index in [0.717, 1.165) is 0 Å². The summed E-state index contributed by atoms with van der Waals surface area (Å²) in [6.45, 7) is -0.185. The number of methoxy groups -OCH3 is 1. The van der Waals surface area contributed by atoms with E-state index in [0.29, 0.717) is 11.1 Å². The molecule has 0 aliphatic heterocycles. The van der Waals surface area contributed by atoms with E-state index in [9.17, 15) is 9.90 Å². The highest BCUT2D eigenvalue weighted by Gasteiger charge is 2.43. The number of ketones is 1. The smallest absolute Gasteiger partial charge is 0.189 e. The number of rotatable bonds is 6. The van der Waals surface area contributed by atoms with E-state index in [2.05, 4.69) is 0 Å². The van der Waals surface area contributed by atoms with Crippen molar-refractivity contribution in [1.29, 1.82) is 0 Å². The van der Waals surface area contributed by atoms with Crippen LogP contribution in [0.4, 0.5) is 0 Å². The molecular weight excluding hydrogens is 288 g/mol. The minimum Gasteiger partial charge on any atom is -0.383 e. The average molecular weight is 305 g/mol. The van der Waals surface area contributed by atoms with E-state index in [1.54, 1.807) is 24.3 Å². The van der Waals surface area contributed by atoms with Crippen molar-refractivity contribution >= 4 is 17.4 Å². The SMILES string of the molecule is COCC(=O)C(O)C(Cl)(c1ccccc1)c1ccccc1. The molecule has 0 aliphatic rings. The van der Waals surface area contributed by atoms with Crippen LogP contribution in [0, 0.1) is 0 Å². The van der Waals surface area contributed by atoms with Gasteiger partial charge in [0, 0.05) is 7.11 Å². The quantitative estimate of drug-likeness (QED) is 0.835. The largest absolute Gasteiger partial charge is 0.383 e. The molecule has 2 rings (SSSR count). The van der Waals surface area contributed by atoms with Gasteiger partial charge in [-0.2, -0.15) is 0 Å². The summed E-state index contributed by atoms with van der Waals surface area (Å²) in [7, 11) is 1.41. The van der Waals surface area contributed by atoms with Gasteiger partial charge in [-0.3, -0.25) is 4.79 Å². The summed E-state index contributed by atoms with van der Waals surface area (Å²) < 4.78 is 4.82. The fraction of sp³-hybridized carbons (Fsp3) is 0.235. The molecule has 0 radical (unpaired) electrons. The third kappa shape index (κ3) is 3.16. The van der Waals surface area contributed by atoms with E-state index >= 15 is 0 Å². The second-order valence-electron chi connectivity index (χ2n) is 4.75. The van der Waals surface area contributed by atoms with Crippen molar-refractivity contribution in [2.45, 2.75) is 11.0 Å². The number of hydrogen-bond donors (Lipinski definition) is 1. The minimum atomic E-state index is -1.40. The number of halogens is 1. The van der Waals surface area contributed by atoms with Gasteiger partial charge >= 0.3 is 0 Å². The predicted octanol–water partition coefficient (Wildman–Crippen LogP) is 2.75. The maximum absolute atomic E-state index is 12.1. The lowest BCUT2D eigenvalue weighted by molar-refractivity contribution is -0.132. The Morgan fingerprint density at radius 3 is 1.90 bits per heavy atom. The van der Waals surface area contributed by atoms with Gasteiger partial charge < -0.3 is 9.84 Å². The molecule has 1 atom stereocenters. The fourth-order valence-electron chi connectivity index (χ4n) is 2.29. The van der Waals surface area contributed by atoms with Crippen LogP contribution in [0.15, 0.2) is 60.7 Å². The molecule has 110 valence electrons. The molecule has 21 heavy (non-hydrogen) atoms. The molecule has 0 amide bonds. The summed E-state index contributed by atoms with van der Waals surface area (Å²) in [6.07, 6.45) is -1.40. The van der Waals surface area contributed by atoms with Crippen molar-refractivity contribution in [1.82, 2.24) is 0 Å². The summed E-state index contributed by atoms with van der Waals surface area (Å²) in [5.74, 6) is -0.458. The van der Waals surface area contributed by atoms with E-state index in [1.165, 1.54) is 7.11 Å². The number of Topliss-reactive ketones (excluding diaryl/α,β-unsaturated/α-hetero) is 1. The maximum Gasteiger partial charge on any atom is 0.189 e. The first-order valence-electron chi connectivity index (χ1n) is 6.60. The second-order valence-corrected chi connectivity index (χ2v) is 5.34. The van der Waals surface area contributed by atoms with Gasteiger partial charge in [0.05, 0.1) is 0 Å². The topological polar surface area (TPSA) is 46.5 Å². The van der Waals surface area contributed by atoms with E-state index in [1.807, 2.05) is 36.4 Å². The van der Waals surface area contributed by atoms with Crippen molar-refractivity contribution in [3.05, 3.63) is 71.8 Å². The first-order valence-corrected chi connectivity index (χ1v) is 6.98. The molecule has 0 aliphatic carbocycles. The van der Waals surface area contributed by atoms with Gasteiger partial charge in [0.15, 0.2) is 5.78 Å². The lowest BCUT2D eigenvalue weighted by Gasteiger charge is -2.32. The highest BCUT2D eigenvalue weighted by molar-refractivity contribution is 6.28. The van der Waals surface area contributed by atoms with Crippen LogP contribution in [0.2, 0.25) is 0 Å². The highest BCUT2D eigenvalue weighted by Crippen LogP contribution is 2.40. The van der Waals surface area contributed by atoms with Crippen molar-refractivity contribution in [2.24, 2.45) is 0 Å². The standard InChI is InChI=1S/C17H17ClO3/c1-21-12-15(19)16(20)17(18,13-8-4-2-5-9-13)14-10-6-3-7-11-14/h2-11,16,20H,12H2,1H3. The average Bonchev–Trinajstić information content (AvgIpc) is 2.55. The number of hydrogen-bond acceptors (Lipinski definition) is 3. The Morgan fingerprint density at radius 1 is 1.10 bits per heavy atom. The molecule has 0 bridgehead atoms. The zero-order valence-corrected chi connectivity index (χ0v) is 12.5. The molecule has 0 spiro atoms. The molecule has 0 saturated heterocycles. The lowest BCUT2D eigenvalue weighted by atomic mass is 9.84. The van der Waals surface area contributed by atoms with Crippen LogP contribution in [0.5, 0.6) is 0 Å². The van der Waals surface area contributed by atoms with Gasteiger partial charge in [-0.25, -0.2) is 0 Å². The second kappa shape index (κ2) is 6.85. The maximum atomic E-state index is 12.1. The van der Waals surface area contributed by atoms with Crippen LogP contribution in [0.3, 0.4) is 0 Å². The van der Waals surface area contributed by atoms with Crippen molar-refractivity contribution in [3.63, 3.8) is 0 Å². The fourth-order valence-corrected chi connectivity index (χ4v) is 2.66. The van der Waals surface area contributed by atoms with Crippen LogP contribution in [-0.4, -0.2) is 30.7 Å². The lowest BCUT2D eigenvalue weighted by Crippen LogP contribution is -2.42. The Bertz CT molecular complexity index is 544. The molecule has 1 N–H and O–H groups in total. The summed E-state index contributed by atoms with van der Waals surface area (Å²) in [5.41, 5.74) is 1.32. The van der Waals surface area contributed by atoms with Crippen molar-refractivity contribution in [2.75, 3.05) is 13.7 Å². The Labute approximate surface area is 129 Å². The predicted molar refractivity (Wildman–Crippen MR) is 82.4 cm³/mol. The number of benzene rings is 2. The third-order valence-electron chi connectivity index (χ3n) is 3.36. The van der Waals surface area contributed by atoms with Gasteiger partial charge in [0.25, 0.3) is 0 Å². The van der Waals surface area contributed by atoms with Gasteiger partial charge in [-0.1, -0.05) is 60.7 Å². The summed E-state index contributed by atoms with van der Waals surface area (Å²) in [5, 5.41) is 10.5. The van der Waals surface area contributed by atoms with Crippen LogP contribution in [0.1, 0.15) is 11.1 Å². The zero-order chi connectivity index (χ0) is 15.3. The molecule has 2 aromatic rings. The van der Waals surface area contributed by atoms with Gasteiger partial charge in [-0.15, -0.1) is 11.6 Å². The van der Waals surface area contributed by atoms with Crippen molar-refractivity contribution < 1.29 is 14.6 Å². The number of alkyl halides is 1. The molecule has 1 unspecified atom stereocenters. The molecule has 0 heterocycles. The third-order valence-corrected chi connectivity index (χ3v) is 4.00. The monoisotopic (exact) mass is 304 g/mol.